The average molecular weight is 320 g/mol. The molecule has 0 bridgehead atoms. The minimum Gasteiger partial charge on any atom is -0.491 e. The van der Waals surface area contributed by atoms with Gasteiger partial charge in [-0.3, -0.25) is 0 Å². The lowest BCUT2D eigenvalue weighted by Crippen LogP contribution is -2.33. The van der Waals surface area contributed by atoms with E-state index in [1.54, 1.807) is 0 Å². The second-order valence-electron chi connectivity index (χ2n) is 5.41. The number of rotatable bonds is 7. The molecule has 0 aliphatic heterocycles. The van der Waals surface area contributed by atoms with Gasteiger partial charge < -0.3 is 15.2 Å². The van der Waals surface area contributed by atoms with Crippen molar-refractivity contribution in [1.29, 1.82) is 0 Å². The summed E-state index contributed by atoms with van der Waals surface area (Å²) in [5, 5.41) is 14.1. The van der Waals surface area contributed by atoms with Gasteiger partial charge in [0.25, 0.3) is 0 Å². The molecule has 2 aromatic carbocycles. The number of aliphatic hydroxyl groups is 1. The zero-order chi connectivity index (χ0) is 15.9. The van der Waals surface area contributed by atoms with E-state index in [1.165, 1.54) is 0 Å². The maximum Gasteiger partial charge on any atom is 0.122 e. The lowest BCUT2D eigenvalue weighted by atomic mass is 10.1. The van der Waals surface area contributed by atoms with E-state index in [9.17, 15) is 5.11 Å². The molecule has 0 radical (unpaired) electrons. The van der Waals surface area contributed by atoms with E-state index < -0.39 is 6.10 Å². The number of benzene rings is 2. The topological polar surface area (TPSA) is 41.5 Å². The number of para-hydroxylation sites is 1. The van der Waals surface area contributed by atoms with E-state index in [-0.39, 0.29) is 12.6 Å². The van der Waals surface area contributed by atoms with Crippen LogP contribution in [-0.2, 0) is 0 Å². The quantitative estimate of drug-likeness (QED) is 0.817. The van der Waals surface area contributed by atoms with Gasteiger partial charge >= 0.3 is 0 Å². The van der Waals surface area contributed by atoms with Crippen molar-refractivity contribution in [3.63, 3.8) is 0 Å². The molecule has 0 amide bonds. The summed E-state index contributed by atoms with van der Waals surface area (Å²) in [6.07, 6.45) is -0.561. The molecule has 2 atom stereocenters. The highest BCUT2D eigenvalue weighted by atomic mass is 35.5. The van der Waals surface area contributed by atoms with Gasteiger partial charge in [-0.05, 0) is 43.2 Å². The van der Waals surface area contributed by atoms with Gasteiger partial charge in [0.05, 0.1) is 0 Å². The number of aryl methyl sites for hydroxylation is 1. The van der Waals surface area contributed by atoms with E-state index in [0.29, 0.717) is 6.54 Å². The lowest BCUT2D eigenvalue weighted by Gasteiger charge is -2.18. The van der Waals surface area contributed by atoms with E-state index in [1.807, 2.05) is 55.5 Å². The molecule has 0 heterocycles. The Balaban J connectivity index is 1.76. The van der Waals surface area contributed by atoms with Gasteiger partial charge in [0.1, 0.15) is 18.5 Å². The van der Waals surface area contributed by atoms with Gasteiger partial charge in [0, 0.05) is 17.6 Å². The summed E-state index contributed by atoms with van der Waals surface area (Å²) in [4.78, 5) is 0. The summed E-state index contributed by atoms with van der Waals surface area (Å²) in [6, 6.07) is 15.6. The van der Waals surface area contributed by atoms with Gasteiger partial charge in [-0.1, -0.05) is 41.9 Å². The van der Waals surface area contributed by atoms with Crippen molar-refractivity contribution >= 4 is 11.6 Å². The first-order chi connectivity index (χ1) is 10.6. The number of nitrogens with one attached hydrogen (secondary N) is 1. The standard InChI is InChI=1S/C18H22ClNO2/c1-13-5-3-4-6-18(13)22-12-17(21)11-20-14(2)15-7-9-16(19)10-8-15/h3-10,14,17,20-21H,11-12H2,1-2H3. The Morgan fingerprint density at radius 3 is 2.50 bits per heavy atom. The molecule has 2 rings (SSSR count). The number of hydrogen-bond acceptors (Lipinski definition) is 3. The molecule has 0 saturated carbocycles. The summed E-state index contributed by atoms with van der Waals surface area (Å²) in [6.45, 7) is 4.78. The fourth-order valence-electron chi connectivity index (χ4n) is 2.15. The van der Waals surface area contributed by atoms with E-state index in [0.717, 1.165) is 21.9 Å². The molecule has 3 nitrogen and oxygen atoms in total. The molecule has 2 aromatic rings. The number of ether oxygens (including phenoxy) is 1. The van der Waals surface area contributed by atoms with Gasteiger partial charge in [-0.2, -0.15) is 0 Å². The third-order valence-corrected chi connectivity index (χ3v) is 3.81. The van der Waals surface area contributed by atoms with Crippen LogP contribution < -0.4 is 10.1 Å². The second-order valence-corrected chi connectivity index (χ2v) is 5.85. The fourth-order valence-corrected chi connectivity index (χ4v) is 2.27. The van der Waals surface area contributed by atoms with Crippen LogP contribution in [0, 0.1) is 6.92 Å². The van der Waals surface area contributed by atoms with E-state index in [2.05, 4.69) is 12.2 Å². The number of hydrogen-bond donors (Lipinski definition) is 2. The first kappa shape index (κ1) is 16.8. The Kier molecular flexibility index (Phi) is 6.25. The Morgan fingerprint density at radius 1 is 1.14 bits per heavy atom. The Morgan fingerprint density at radius 2 is 1.82 bits per heavy atom. The molecule has 0 aliphatic rings. The predicted molar refractivity (Wildman–Crippen MR) is 90.6 cm³/mol. The van der Waals surface area contributed by atoms with Crippen molar-refractivity contribution in [2.75, 3.05) is 13.2 Å². The Bertz CT molecular complexity index is 586. The molecule has 0 fully saturated rings. The molecule has 0 spiro atoms. The highest BCUT2D eigenvalue weighted by molar-refractivity contribution is 6.30. The summed E-state index contributed by atoms with van der Waals surface area (Å²) >= 11 is 5.88. The van der Waals surface area contributed by atoms with Crippen LogP contribution in [-0.4, -0.2) is 24.4 Å². The summed E-state index contributed by atoms with van der Waals surface area (Å²) in [7, 11) is 0. The minimum atomic E-state index is -0.561. The lowest BCUT2D eigenvalue weighted by molar-refractivity contribution is 0.104. The average Bonchev–Trinajstić information content (AvgIpc) is 2.52. The number of halogens is 1. The van der Waals surface area contributed by atoms with Crippen molar-refractivity contribution in [3.05, 3.63) is 64.7 Å². The van der Waals surface area contributed by atoms with Crippen LogP contribution >= 0.6 is 11.6 Å². The van der Waals surface area contributed by atoms with Gasteiger partial charge in [0.2, 0.25) is 0 Å². The van der Waals surface area contributed by atoms with Crippen LogP contribution in [0.2, 0.25) is 5.02 Å². The SMILES string of the molecule is Cc1ccccc1OCC(O)CNC(C)c1ccc(Cl)cc1. The van der Waals surface area contributed by atoms with Crippen LogP contribution in [0.3, 0.4) is 0 Å². The van der Waals surface area contributed by atoms with Crippen molar-refractivity contribution in [3.8, 4) is 5.75 Å². The molecule has 2 N–H and O–H groups in total. The Hall–Kier alpha value is -1.55. The molecular weight excluding hydrogens is 298 g/mol. The number of aliphatic hydroxyl groups excluding tert-OH is 1. The van der Waals surface area contributed by atoms with Crippen molar-refractivity contribution in [1.82, 2.24) is 5.32 Å². The monoisotopic (exact) mass is 319 g/mol. The molecule has 0 aliphatic carbocycles. The highest BCUT2D eigenvalue weighted by Gasteiger charge is 2.10. The smallest absolute Gasteiger partial charge is 0.122 e. The maximum absolute atomic E-state index is 10.0. The van der Waals surface area contributed by atoms with Crippen molar-refractivity contribution in [2.45, 2.75) is 26.0 Å². The van der Waals surface area contributed by atoms with Gasteiger partial charge in [-0.25, -0.2) is 0 Å². The molecule has 22 heavy (non-hydrogen) atoms. The maximum atomic E-state index is 10.0. The fraction of sp³-hybridized carbons (Fsp3) is 0.333. The van der Waals surface area contributed by atoms with Crippen LogP contribution in [0.4, 0.5) is 0 Å². The van der Waals surface area contributed by atoms with Crippen LogP contribution in [0.15, 0.2) is 48.5 Å². The largest absolute Gasteiger partial charge is 0.491 e. The van der Waals surface area contributed by atoms with Crippen LogP contribution in [0.5, 0.6) is 5.75 Å². The zero-order valence-corrected chi connectivity index (χ0v) is 13.7. The van der Waals surface area contributed by atoms with Crippen molar-refractivity contribution < 1.29 is 9.84 Å². The van der Waals surface area contributed by atoms with Gasteiger partial charge in [-0.15, -0.1) is 0 Å². The molecule has 0 aromatic heterocycles. The zero-order valence-electron chi connectivity index (χ0n) is 12.9. The Labute approximate surface area is 136 Å². The third-order valence-electron chi connectivity index (χ3n) is 3.55. The van der Waals surface area contributed by atoms with Crippen LogP contribution in [0.25, 0.3) is 0 Å². The second kappa shape index (κ2) is 8.18. The summed E-state index contributed by atoms with van der Waals surface area (Å²) in [5.41, 5.74) is 2.20. The highest BCUT2D eigenvalue weighted by Crippen LogP contribution is 2.17. The first-order valence-corrected chi connectivity index (χ1v) is 7.79. The molecule has 4 heteroatoms. The first-order valence-electron chi connectivity index (χ1n) is 7.41. The van der Waals surface area contributed by atoms with E-state index in [4.69, 9.17) is 16.3 Å². The van der Waals surface area contributed by atoms with E-state index >= 15 is 0 Å². The molecule has 118 valence electrons. The molecule has 0 saturated heterocycles. The minimum absolute atomic E-state index is 0.144. The van der Waals surface area contributed by atoms with Crippen molar-refractivity contribution in [2.24, 2.45) is 0 Å². The predicted octanol–water partition coefficient (Wildman–Crippen LogP) is 3.74. The summed E-state index contributed by atoms with van der Waals surface area (Å²) in [5.74, 6) is 0.812. The van der Waals surface area contributed by atoms with Crippen LogP contribution in [0.1, 0.15) is 24.1 Å². The normalized spacial score (nSPS) is 13.6. The summed E-state index contributed by atoms with van der Waals surface area (Å²) < 4.78 is 5.64. The van der Waals surface area contributed by atoms with Gasteiger partial charge in [0.15, 0.2) is 0 Å². The third kappa shape index (κ3) is 5.02. The molecule has 2 unspecified atom stereocenters. The molecular formula is C18H22ClNO2.